The zero-order valence-corrected chi connectivity index (χ0v) is 10.3. The van der Waals surface area contributed by atoms with Gasteiger partial charge in [-0.25, -0.2) is 18.1 Å². The molecule has 1 aromatic rings. The Morgan fingerprint density at radius 2 is 2.12 bits per heavy atom. The third-order valence-electron chi connectivity index (χ3n) is 2.00. The highest BCUT2D eigenvalue weighted by Crippen LogP contribution is 2.16. The highest BCUT2D eigenvalue weighted by molar-refractivity contribution is 7.89. The molecule has 0 spiro atoms. The molecule has 8 heteroatoms. The van der Waals surface area contributed by atoms with Gasteiger partial charge in [-0.15, -0.1) is 0 Å². The average Bonchev–Trinajstić information content (AvgIpc) is 2.35. The molecule has 0 fully saturated rings. The van der Waals surface area contributed by atoms with E-state index in [1.165, 1.54) is 13.2 Å². The second-order valence-corrected chi connectivity index (χ2v) is 4.79. The number of pyridine rings is 1. The molecule has 0 radical (unpaired) electrons. The monoisotopic (exact) mass is 258 g/mol. The first-order chi connectivity index (χ1) is 8.01. The summed E-state index contributed by atoms with van der Waals surface area (Å²) >= 11 is 0. The quantitative estimate of drug-likeness (QED) is 0.638. The lowest BCUT2D eigenvalue weighted by Crippen LogP contribution is -2.35. The van der Waals surface area contributed by atoms with Gasteiger partial charge in [-0.05, 0) is 12.1 Å². The van der Waals surface area contributed by atoms with E-state index in [0.717, 1.165) is 0 Å². The maximum atomic E-state index is 11.8. The lowest BCUT2D eigenvalue weighted by molar-refractivity contribution is -0.119. The first kappa shape index (κ1) is 13.4. The van der Waals surface area contributed by atoms with Crippen molar-refractivity contribution in [1.29, 1.82) is 0 Å². The summed E-state index contributed by atoms with van der Waals surface area (Å²) in [5.74, 6) is -0.421. The van der Waals surface area contributed by atoms with Crippen LogP contribution in [-0.4, -0.2) is 39.9 Å². The van der Waals surface area contributed by atoms with Crippen LogP contribution in [-0.2, 0) is 14.8 Å². The van der Waals surface area contributed by atoms with Gasteiger partial charge in [0.1, 0.15) is 0 Å². The molecule has 0 unspecified atom stereocenters. The molecule has 0 saturated carbocycles. The second kappa shape index (κ2) is 5.60. The Morgan fingerprint density at radius 1 is 1.41 bits per heavy atom. The van der Waals surface area contributed by atoms with E-state index in [4.69, 9.17) is 0 Å². The Labute approximate surface area is 99.7 Å². The largest absolute Gasteiger partial charge is 0.386 e. The number of aromatic nitrogens is 1. The number of carbonyl (C=O) groups is 1. The summed E-state index contributed by atoms with van der Waals surface area (Å²) < 4.78 is 25.8. The van der Waals surface area contributed by atoms with Crippen molar-refractivity contribution in [2.24, 2.45) is 0 Å². The van der Waals surface area contributed by atoms with Crippen molar-refractivity contribution >= 4 is 21.6 Å². The van der Waals surface area contributed by atoms with Crippen LogP contribution in [0.15, 0.2) is 23.4 Å². The summed E-state index contributed by atoms with van der Waals surface area (Å²) in [4.78, 5) is 14.8. The molecule has 0 aliphatic rings. The number of nitrogens with one attached hydrogen (secondary N) is 3. The first-order valence-electron chi connectivity index (χ1n) is 4.84. The number of rotatable bonds is 5. The molecule has 0 aliphatic carbocycles. The molecule has 0 aromatic carbocycles. The van der Waals surface area contributed by atoms with Gasteiger partial charge in [0.2, 0.25) is 5.91 Å². The molecule has 1 heterocycles. The molecule has 0 aliphatic heterocycles. The van der Waals surface area contributed by atoms with Crippen LogP contribution in [0.5, 0.6) is 0 Å². The Kier molecular flexibility index (Phi) is 4.41. The van der Waals surface area contributed by atoms with Gasteiger partial charge in [0.25, 0.3) is 10.0 Å². The van der Waals surface area contributed by atoms with Crippen molar-refractivity contribution in [1.82, 2.24) is 15.0 Å². The van der Waals surface area contributed by atoms with Gasteiger partial charge in [0.15, 0.2) is 5.03 Å². The van der Waals surface area contributed by atoms with E-state index in [9.17, 15) is 13.2 Å². The summed E-state index contributed by atoms with van der Waals surface area (Å²) in [6, 6.07) is 3.20. The normalized spacial score (nSPS) is 10.9. The molecule has 0 atom stereocenters. The van der Waals surface area contributed by atoms with Gasteiger partial charge >= 0.3 is 0 Å². The standard InChI is InChI=1S/C9H14N4O3S/c1-10-7-4-3-5-12-9(7)17(15,16)13-6-8(14)11-2/h3-5,10,13H,6H2,1-2H3,(H,11,14). The molecule has 7 nitrogen and oxygen atoms in total. The van der Waals surface area contributed by atoms with Crippen molar-refractivity contribution in [3.63, 3.8) is 0 Å². The predicted octanol–water partition coefficient (Wildman–Crippen LogP) is -0.852. The van der Waals surface area contributed by atoms with E-state index >= 15 is 0 Å². The Hall–Kier alpha value is -1.67. The molecule has 1 rings (SSSR count). The number of anilines is 1. The minimum atomic E-state index is -3.79. The van der Waals surface area contributed by atoms with Gasteiger partial charge in [-0.1, -0.05) is 0 Å². The van der Waals surface area contributed by atoms with Crippen LogP contribution in [0.25, 0.3) is 0 Å². The van der Waals surface area contributed by atoms with Crippen LogP contribution in [0.2, 0.25) is 0 Å². The molecule has 94 valence electrons. The summed E-state index contributed by atoms with van der Waals surface area (Å²) in [6.07, 6.45) is 1.37. The lowest BCUT2D eigenvalue weighted by Gasteiger charge is -2.09. The number of nitrogens with zero attached hydrogens (tertiary/aromatic N) is 1. The summed E-state index contributed by atoms with van der Waals surface area (Å²) in [5, 5.41) is 4.90. The van der Waals surface area contributed by atoms with Crippen molar-refractivity contribution in [3.05, 3.63) is 18.3 Å². The fraction of sp³-hybridized carbons (Fsp3) is 0.333. The van der Waals surface area contributed by atoms with E-state index in [-0.39, 0.29) is 11.6 Å². The zero-order chi connectivity index (χ0) is 12.9. The minimum Gasteiger partial charge on any atom is -0.386 e. The summed E-state index contributed by atoms with van der Waals surface area (Å²) in [5.41, 5.74) is 0.372. The van der Waals surface area contributed by atoms with E-state index < -0.39 is 15.9 Å². The average molecular weight is 258 g/mol. The number of hydrogen-bond donors (Lipinski definition) is 3. The SMILES string of the molecule is CNC(=O)CNS(=O)(=O)c1ncccc1NC. The highest BCUT2D eigenvalue weighted by Gasteiger charge is 2.19. The molecular weight excluding hydrogens is 244 g/mol. The van der Waals surface area contributed by atoms with E-state index in [1.807, 2.05) is 0 Å². The van der Waals surface area contributed by atoms with Crippen LogP contribution < -0.4 is 15.4 Å². The molecule has 0 saturated heterocycles. The Morgan fingerprint density at radius 3 is 2.71 bits per heavy atom. The van der Waals surface area contributed by atoms with Crippen LogP contribution >= 0.6 is 0 Å². The van der Waals surface area contributed by atoms with Gasteiger partial charge in [-0.3, -0.25) is 4.79 Å². The van der Waals surface area contributed by atoms with E-state index in [0.29, 0.717) is 5.69 Å². The number of hydrogen-bond acceptors (Lipinski definition) is 5. The molecule has 3 N–H and O–H groups in total. The molecule has 1 aromatic heterocycles. The van der Waals surface area contributed by atoms with E-state index in [2.05, 4.69) is 20.3 Å². The second-order valence-electron chi connectivity index (χ2n) is 3.10. The minimum absolute atomic E-state index is 0.133. The number of carbonyl (C=O) groups excluding carboxylic acids is 1. The van der Waals surface area contributed by atoms with Crippen LogP contribution in [0.3, 0.4) is 0 Å². The molecular formula is C9H14N4O3S. The van der Waals surface area contributed by atoms with Gasteiger partial charge < -0.3 is 10.6 Å². The number of sulfonamides is 1. The van der Waals surface area contributed by atoms with Crippen LogP contribution in [0.4, 0.5) is 5.69 Å². The summed E-state index contributed by atoms with van der Waals surface area (Å²) in [6.45, 7) is -0.321. The molecule has 1 amide bonds. The van der Waals surface area contributed by atoms with Crippen molar-refractivity contribution < 1.29 is 13.2 Å². The van der Waals surface area contributed by atoms with Gasteiger partial charge in [0, 0.05) is 20.3 Å². The van der Waals surface area contributed by atoms with Crippen molar-refractivity contribution in [2.75, 3.05) is 26.0 Å². The Balaban J connectivity index is 2.93. The fourth-order valence-corrected chi connectivity index (χ4v) is 2.23. The topological polar surface area (TPSA) is 100 Å². The third-order valence-corrected chi connectivity index (χ3v) is 3.36. The number of amides is 1. The molecule has 0 bridgehead atoms. The Bertz CT molecular complexity index is 501. The van der Waals surface area contributed by atoms with Crippen LogP contribution in [0, 0.1) is 0 Å². The van der Waals surface area contributed by atoms with E-state index in [1.54, 1.807) is 19.2 Å². The maximum Gasteiger partial charge on any atom is 0.260 e. The fourth-order valence-electron chi connectivity index (χ4n) is 1.11. The first-order valence-corrected chi connectivity index (χ1v) is 6.32. The predicted molar refractivity (Wildman–Crippen MR) is 63.0 cm³/mol. The molecule has 17 heavy (non-hydrogen) atoms. The van der Waals surface area contributed by atoms with Gasteiger partial charge in [0.05, 0.1) is 12.2 Å². The smallest absolute Gasteiger partial charge is 0.260 e. The summed E-state index contributed by atoms with van der Waals surface area (Å²) in [7, 11) is -0.774. The third kappa shape index (κ3) is 3.40. The highest BCUT2D eigenvalue weighted by atomic mass is 32.2. The van der Waals surface area contributed by atoms with Crippen molar-refractivity contribution in [3.8, 4) is 0 Å². The van der Waals surface area contributed by atoms with Gasteiger partial charge in [-0.2, -0.15) is 0 Å². The van der Waals surface area contributed by atoms with Crippen LogP contribution in [0.1, 0.15) is 0 Å². The number of likely N-dealkylation sites (N-methyl/N-ethyl adjacent to an activating group) is 1. The zero-order valence-electron chi connectivity index (χ0n) is 9.52. The maximum absolute atomic E-state index is 11.8. The van der Waals surface area contributed by atoms with Crippen molar-refractivity contribution in [2.45, 2.75) is 5.03 Å². The lowest BCUT2D eigenvalue weighted by atomic mass is 10.4.